The number of aryl methyl sites for hydroxylation is 1. The zero-order valence-corrected chi connectivity index (χ0v) is 18.1. The summed E-state index contributed by atoms with van der Waals surface area (Å²) in [5.74, 6) is 1.36. The molecule has 7 heteroatoms. The molecule has 0 amide bonds. The highest BCUT2D eigenvalue weighted by molar-refractivity contribution is 14.0. The van der Waals surface area contributed by atoms with Gasteiger partial charge in [-0.2, -0.15) is 0 Å². The van der Waals surface area contributed by atoms with E-state index in [1.165, 1.54) is 16.0 Å². The molecule has 0 spiro atoms. The van der Waals surface area contributed by atoms with Crippen LogP contribution in [-0.4, -0.2) is 31.4 Å². The van der Waals surface area contributed by atoms with E-state index in [1.807, 2.05) is 18.2 Å². The second-order valence-electron chi connectivity index (χ2n) is 5.27. The van der Waals surface area contributed by atoms with Crippen LogP contribution in [0.4, 0.5) is 0 Å². The predicted octanol–water partition coefficient (Wildman–Crippen LogP) is 3.60. The maximum atomic E-state index is 5.14. The van der Waals surface area contributed by atoms with Crippen molar-refractivity contribution in [3.05, 3.63) is 53.2 Å². The molecule has 0 saturated heterocycles. The molecule has 1 heterocycles. The summed E-state index contributed by atoms with van der Waals surface area (Å²) in [6.07, 6.45) is 2.10. The van der Waals surface area contributed by atoms with Crippen molar-refractivity contribution in [2.24, 2.45) is 4.99 Å². The Hall–Kier alpha value is -1.48. The van der Waals surface area contributed by atoms with Gasteiger partial charge in [-0.15, -0.1) is 35.7 Å². The molecular formula is C18H25IN4OS. The van der Waals surface area contributed by atoms with Crippen LogP contribution in [0.1, 0.15) is 16.8 Å². The molecule has 0 aliphatic rings. The smallest absolute Gasteiger partial charge is 0.213 e. The molecular weight excluding hydrogens is 447 g/mol. The second kappa shape index (κ2) is 11.2. The van der Waals surface area contributed by atoms with E-state index in [9.17, 15) is 0 Å². The van der Waals surface area contributed by atoms with Crippen molar-refractivity contribution in [1.82, 2.24) is 15.6 Å². The number of pyridine rings is 1. The lowest BCUT2D eigenvalue weighted by molar-refractivity contribution is 0.396. The van der Waals surface area contributed by atoms with Crippen molar-refractivity contribution in [3.63, 3.8) is 0 Å². The zero-order valence-electron chi connectivity index (χ0n) is 15.0. The number of halogens is 1. The van der Waals surface area contributed by atoms with E-state index in [4.69, 9.17) is 4.74 Å². The highest BCUT2D eigenvalue weighted by Gasteiger charge is 2.04. The monoisotopic (exact) mass is 472 g/mol. The van der Waals surface area contributed by atoms with Crippen LogP contribution in [0, 0.1) is 6.92 Å². The molecule has 0 radical (unpaired) electrons. The molecule has 2 rings (SSSR count). The van der Waals surface area contributed by atoms with Crippen LogP contribution in [0.25, 0.3) is 0 Å². The van der Waals surface area contributed by atoms with Crippen molar-refractivity contribution in [2.45, 2.75) is 24.9 Å². The Kier molecular flexibility index (Phi) is 9.66. The van der Waals surface area contributed by atoms with E-state index >= 15 is 0 Å². The largest absolute Gasteiger partial charge is 0.481 e. The summed E-state index contributed by atoms with van der Waals surface area (Å²) in [5, 5.41) is 6.62. The van der Waals surface area contributed by atoms with Gasteiger partial charge in [0.1, 0.15) is 0 Å². The van der Waals surface area contributed by atoms with Crippen molar-refractivity contribution in [3.8, 4) is 5.88 Å². The van der Waals surface area contributed by atoms with Crippen molar-refractivity contribution < 1.29 is 4.74 Å². The van der Waals surface area contributed by atoms with Gasteiger partial charge in [0, 0.05) is 24.6 Å². The molecule has 0 aliphatic carbocycles. The van der Waals surface area contributed by atoms with Gasteiger partial charge in [0.2, 0.25) is 5.88 Å². The summed E-state index contributed by atoms with van der Waals surface area (Å²) < 4.78 is 5.14. The fourth-order valence-electron chi connectivity index (χ4n) is 2.24. The Balaban J connectivity index is 0.00000312. The van der Waals surface area contributed by atoms with Gasteiger partial charge < -0.3 is 15.4 Å². The van der Waals surface area contributed by atoms with Gasteiger partial charge in [-0.1, -0.05) is 18.2 Å². The molecule has 0 saturated carbocycles. The molecule has 2 N–H and O–H groups in total. The predicted molar refractivity (Wildman–Crippen MR) is 116 cm³/mol. The minimum atomic E-state index is 0. The maximum absolute atomic E-state index is 5.14. The van der Waals surface area contributed by atoms with Crippen LogP contribution in [0.3, 0.4) is 0 Å². The van der Waals surface area contributed by atoms with Gasteiger partial charge in [-0.3, -0.25) is 4.99 Å². The molecule has 1 aromatic heterocycles. The normalized spacial score (nSPS) is 10.8. The van der Waals surface area contributed by atoms with Crippen molar-refractivity contribution in [1.29, 1.82) is 0 Å². The van der Waals surface area contributed by atoms with Gasteiger partial charge >= 0.3 is 0 Å². The molecule has 0 fully saturated rings. The number of benzene rings is 1. The first kappa shape index (κ1) is 21.6. The zero-order chi connectivity index (χ0) is 17.4. The summed E-state index contributed by atoms with van der Waals surface area (Å²) in [7, 11) is 3.38. The lowest BCUT2D eigenvalue weighted by Crippen LogP contribution is -2.36. The van der Waals surface area contributed by atoms with Gasteiger partial charge in [-0.05, 0) is 36.4 Å². The molecule has 136 valence electrons. The summed E-state index contributed by atoms with van der Waals surface area (Å²) in [5.41, 5.74) is 3.43. The van der Waals surface area contributed by atoms with E-state index in [0.717, 1.165) is 18.2 Å². The van der Waals surface area contributed by atoms with E-state index in [0.29, 0.717) is 12.4 Å². The number of guanidine groups is 1. The third kappa shape index (κ3) is 6.74. The Bertz CT molecular complexity index is 709. The van der Waals surface area contributed by atoms with Crippen LogP contribution in [0.5, 0.6) is 5.88 Å². The van der Waals surface area contributed by atoms with E-state index in [-0.39, 0.29) is 24.0 Å². The van der Waals surface area contributed by atoms with Crippen molar-refractivity contribution >= 4 is 41.7 Å². The van der Waals surface area contributed by atoms with Gasteiger partial charge in [-0.25, -0.2) is 4.98 Å². The SMILES string of the molecule is CN=C(NCc1cccc(OC)n1)NCc1ccc(C)cc1SC.I. The number of thioether (sulfide) groups is 1. The Morgan fingerprint density at radius 3 is 2.64 bits per heavy atom. The molecule has 0 atom stereocenters. The highest BCUT2D eigenvalue weighted by Crippen LogP contribution is 2.21. The van der Waals surface area contributed by atoms with Crippen molar-refractivity contribution in [2.75, 3.05) is 20.4 Å². The maximum Gasteiger partial charge on any atom is 0.213 e. The van der Waals surface area contributed by atoms with Crippen LogP contribution >= 0.6 is 35.7 Å². The molecule has 5 nitrogen and oxygen atoms in total. The Labute approximate surface area is 171 Å². The average Bonchev–Trinajstić information content (AvgIpc) is 2.62. The van der Waals surface area contributed by atoms with Crippen LogP contribution in [0.2, 0.25) is 0 Å². The number of rotatable bonds is 6. The van der Waals surface area contributed by atoms with Gasteiger partial charge in [0.25, 0.3) is 0 Å². The first-order valence-corrected chi connectivity index (χ1v) is 8.96. The third-order valence-electron chi connectivity index (χ3n) is 3.54. The summed E-state index contributed by atoms with van der Waals surface area (Å²) in [4.78, 5) is 9.93. The molecule has 25 heavy (non-hydrogen) atoms. The lowest BCUT2D eigenvalue weighted by Gasteiger charge is -2.14. The first-order chi connectivity index (χ1) is 11.7. The Morgan fingerprint density at radius 1 is 1.20 bits per heavy atom. The molecule has 0 bridgehead atoms. The topological polar surface area (TPSA) is 58.5 Å². The number of hydrogen-bond acceptors (Lipinski definition) is 4. The van der Waals surface area contributed by atoms with Gasteiger partial charge in [0.15, 0.2) is 5.96 Å². The average molecular weight is 472 g/mol. The second-order valence-corrected chi connectivity index (χ2v) is 6.11. The minimum absolute atomic E-state index is 0. The Morgan fingerprint density at radius 2 is 1.96 bits per heavy atom. The van der Waals surface area contributed by atoms with Crippen LogP contribution in [0.15, 0.2) is 46.3 Å². The molecule has 0 unspecified atom stereocenters. The first-order valence-electron chi connectivity index (χ1n) is 7.74. The number of nitrogens with one attached hydrogen (secondary N) is 2. The van der Waals surface area contributed by atoms with Crippen LogP contribution < -0.4 is 15.4 Å². The minimum Gasteiger partial charge on any atom is -0.481 e. The van der Waals surface area contributed by atoms with Crippen LogP contribution in [-0.2, 0) is 13.1 Å². The number of nitrogens with zero attached hydrogens (tertiary/aromatic N) is 2. The standard InChI is InChI=1S/C18H24N4OS.HI/c1-13-8-9-14(16(10-13)24-4)11-20-18(19-2)21-12-15-6-5-7-17(22-15)23-3;/h5-10H,11-12H2,1-4H3,(H2,19,20,21);1H. The lowest BCUT2D eigenvalue weighted by atomic mass is 10.1. The van der Waals surface area contributed by atoms with E-state index in [2.05, 4.69) is 52.0 Å². The molecule has 1 aromatic carbocycles. The molecule has 2 aromatic rings. The number of methoxy groups -OCH3 is 1. The van der Waals surface area contributed by atoms with E-state index in [1.54, 1.807) is 25.9 Å². The number of aromatic nitrogens is 1. The summed E-state index contributed by atoms with van der Waals surface area (Å²) in [6.45, 7) is 3.42. The fraction of sp³-hybridized carbons (Fsp3) is 0.333. The molecule has 0 aliphatic heterocycles. The fourth-order valence-corrected chi connectivity index (χ4v) is 2.95. The number of aliphatic imine (C=N–C) groups is 1. The quantitative estimate of drug-likeness (QED) is 0.291. The van der Waals surface area contributed by atoms with Gasteiger partial charge in [0.05, 0.1) is 19.3 Å². The summed E-state index contributed by atoms with van der Waals surface area (Å²) in [6, 6.07) is 12.2. The third-order valence-corrected chi connectivity index (χ3v) is 4.36. The van der Waals surface area contributed by atoms with E-state index < -0.39 is 0 Å². The number of hydrogen-bond donors (Lipinski definition) is 2. The highest BCUT2D eigenvalue weighted by atomic mass is 127. The number of ether oxygens (including phenoxy) is 1. The summed E-state index contributed by atoms with van der Waals surface area (Å²) >= 11 is 1.76.